The van der Waals surface area contributed by atoms with E-state index in [1.165, 1.54) is 4.90 Å². The van der Waals surface area contributed by atoms with Crippen LogP contribution in [0.2, 0.25) is 10.2 Å². The highest BCUT2D eigenvalue weighted by atomic mass is 35.5. The number of aliphatic imine (C=N–C) groups is 1. The van der Waals surface area contributed by atoms with Crippen LogP contribution < -0.4 is 10.6 Å². The van der Waals surface area contributed by atoms with Crippen LogP contribution in [0.5, 0.6) is 0 Å². The molecule has 9 heteroatoms. The summed E-state index contributed by atoms with van der Waals surface area (Å²) in [6, 6.07) is 1.78. The van der Waals surface area contributed by atoms with E-state index < -0.39 is 0 Å². The minimum Gasteiger partial charge on any atom is -0.357 e. The first-order valence-electron chi connectivity index (χ1n) is 8.29. The van der Waals surface area contributed by atoms with Crippen molar-refractivity contribution in [2.75, 3.05) is 19.6 Å². The lowest BCUT2D eigenvalue weighted by Crippen LogP contribution is -2.46. The molecule has 2 N–H and O–H groups in total. The lowest BCUT2D eigenvalue weighted by Gasteiger charge is -2.25. The van der Waals surface area contributed by atoms with Gasteiger partial charge >= 0.3 is 0 Å². The number of carbonyl (C=O) groups is 2. The van der Waals surface area contributed by atoms with E-state index in [1.54, 1.807) is 10.6 Å². The Balaban J connectivity index is 1.92. The number of nitrogens with one attached hydrogen (secondary N) is 2. The van der Waals surface area contributed by atoms with Gasteiger partial charge in [0, 0.05) is 45.2 Å². The molecule has 0 aliphatic carbocycles. The zero-order chi connectivity index (χ0) is 18.4. The molecule has 2 rings (SSSR count). The fourth-order valence-electron chi connectivity index (χ4n) is 2.58. The number of imide groups is 1. The number of nitrogens with zero attached hydrogens (tertiary/aromatic N) is 3. The molecule has 138 valence electrons. The summed E-state index contributed by atoms with van der Waals surface area (Å²) in [6.07, 6.45) is 1.53. The summed E-state index contributed by atoms with van der Waals surface area (Å²) in [6.45, 7) is 3.84. The quantitative estimate of drug-likeness (QED) is 0.444. The third-order valence-corrected chi connectivity index (χ3v) is 4.81. The molecule has 2 heterocycles. The Morgan fingerprint density at radius 2 is 1.92 bits per heavy atom. The van der Waals surface area contributed by atoms with Crippen molar-refractivity contribution in [1.82, 2.24) is 20.1 Å². The van der Waals surface area contributed by atoms with Crippen LogP contribution in [0.25, 0.3) is 0 Å². The molecule has 0 bridgehead atoms. The van der Waals surface area contributed by atoms with Crippen LogP contribution in [0.4, 0.5) is 0 Å². The maximum absolute atomic E-state index is 11.8. The number of piperidine rings is 1. The topological polar surface area (TPSA) is 78.7 Å². The van der Waals surface area contributed by atoms with Crippen molar-refractivity contribution in [1.29, 1.82) is 0 Å². The van der Waals surface area contributed by atoms with Crippen LogP contribution in [0, 0.1) is 0 Å². The van der Waals surface area contributed by atoms with Gasteiger partial charge in [-0.15, -0.1) is 0 Å². The Bertz CT molecular complexity index is 656. The van der Waals surface area contributed by atoms with Crippen molar-refractivity contribution in [3.8, 4) is 0 Å². The second kappa shape index (κ2) is 9.10. The summed E-state index contributed by atoms with van der Waals surface area (Å²) >= 11 is 12.1. The number of rotatable bonds is 6. The van der Waals surface area contributed by atoms with Crippen molar-refractivity contribution in [3.05, 3.63) is 21.9 Å². The first-order valence-corrected chi connectivity index (χ1v) is 9.04. The first kappa shape index (κ1) is 19.6. The molecule has 1 aromatic heterocycles. The molecule has 1 saturated heterocycles. The van der Waals surface area contributed by atoms with Crippen LogP contribution >= 0.6 is 23.2 Å². The third kappa shape index (κ3) is 5.12. The van der Waals surface area contributed by atoms with Crippen LogP contribution in [0.1, 0.15) is 31.9 Å². The summed E-state index contributed by atoms with van der Waals surface area (Å²) in [7, 11) is 1.83. The molecule has 2 amide bonds. The van der Waals surface area contributed by atoms with E-state index in [9.17, 15) is 9.59 Å². The second-order valence-corrected chi connectivity index (χ2v) is 6.51. The van der Waals surface area contributed by atoms with Gasteiger partial charge in [0.1, 0.15) is 5.15 Å². The van der Waals surface area contributed by atoms with Gasteiger partial charge in [-0.25, -0.2) is 4.99 Å². The van der Waals surface area contributed by atoms with Gasteiger partial charge in [-0.1, -0.05) is 23.2 Å². The molecule has 0 unspecified atom stereocenters. The lowest BCUT2D eigenvalue weighted by molar-refractivity contribution is -0.147. The summed E-state index contributed by atoms with van der Waals surface area (Å²) < 4.78 is 1.78. The van der Waals surface area contributed by atoms with E-state index in [-0.39, 0.29) is 11.8 Å². The molecule has 0 spiro atoms. The molecule has 0 aromatic carbocycles. The Hall–Kier alpha value is -1.73. The van der Waals surface area contributed by atoms with E-state index in [0.29, 0.717) is 61.6 Å². The van der Waals surface area contributed by atoms with E-state index in [1.807, 2.05) is 14.0 Å². The van der Waals surface area contributed by atoms with Crippen molar-refractivity contribution in [2.24, 2.45) is 12.0 Å². The van der Waals surface area contributed by atoms with Gasteiger partial charge in [0.25, 0.3) is 0 Å². The lowest BCUT2D eigenvalue weighted by atomic mass is 10.1. The number of guanidine groups is 1. The highest BCUT2D eigenvalue weighted by molar-refractivity contribution is 6.41. The van der Waals surface area contributed by atoms with Gasteiger partial charge in [0.2, 0.25) is 11.8 Å². The SMILES string of the molecule is CCNC(=NCc1cc(Cl)c(Cl)n1C)NCCN1C(=O)CCCC1=O. The Labute approximate surface area is 157 Å². The number of halogens is 2. The average Bonchev–Trinajstić information content (AvgIpc) is 2.82. The molecule has 1 aliphatic rings. The molecule has 7 nitrogen and oxygen atoms in total. The molecule has 0 atom stereocenters. The third-order valence-electron chi connectivity index (χ3n) is 3.97. The number of amides is 2. The smallest absolute Gasteiger partial charge is 0.229 e. The Morgan fingerprint density at radius 3 is 2.48 bits per heavy atom. The maximum Gasteiger partial charge on any atom is 0.229 e. The zero-order valence-electron chi connectivity index (χ0n) is 14.4. The van der Waals surface area contributed by atoms with Crippen molar-refractivity contribution >= 4 is 41.0 Å². The normalized spacial score (nSPS) is 15.7. The van der Waals surface area contributed by atoms with Crippen LogP contribution in [0.15, 0.2) is 11.1 Å². The minimum atomic E-state index is -0.104. The highest BCUT2D eigenvalue weighted by Crippen LogP contribution is 2.25. The fourth-order valence-corrected chi connectivity index (χ4v) is 2.99. The maximum atomic E-state index is 11.8. The summed E-state index contributed by atoms with van der Waals surface area (Å²) in [5.41, 5.74) is 0.883. The minimum absolute atomic E-state index is 0.104. The molecule has 1 aromatic rings. The van der Waals surface area contributed by atoms with E-state index >= 15 is 0 Å². The van der Waals surface area contributed by atoms with Crippen molar-refractivity contribution in [3.63, 3.8) is 0 Å². The largest absolute Gasteiger partial charge is 0.357 e. The zero-order valence-corrected chi connectivity index (χ0v) is 16.0. The van der Waals surface area contributed by atoms with E-state index in [0.717, 1.165) is 5.69 Å². The van der Waals surface area contributed by atoms with Gasteiger partial charge in [-0.2, -0.15) is 0 Å². The molecular formula is C16H23Cl2N5O2. The number of aromatic nitrogens is 1. The van der Waals surface area contributed by atoms with Crippen LogP contribution in [-0.4, -0.2) is 46.9 Å². The Kier molecular flexibility index (Phi) is 7.13. The first-order chi connectivity index (χ1) is 11.9. The van der Waals surface area contributed by atoms with Gasteiger partial charge in [-0.3, -0.25) is 14.5 Å². The number of hydrogen-bond donors (Lipinski definition) is 2. The standard InChI is InChI=1S/C16H23Cl2N5O2/c1-3-19-16(21-10-11-9-12(17)15(18)22(11)2)20-7-8-23-13(24)5-4-6-14(23)25/h9H,3-8,10H2,1-2H3,(H2,19,20,21). The number of carbonyl (C=O) groups excluding carboxylic acids is 2. The van der Waals surface area contributed by atoms with Crippen molar-refractivity contribution < 1.29 is 9.59 Å². The second-order valence-electron chi connectivity index (χ2n) is 5.75. The van der Waals surface area contributed by atoms with E-state index in [2.05, 4.69) is 15.6 Å². The van der Waals surface area contributed by atoms with E-state index in [4.69, 9.17) is 23.2 Å². The van der Waals surface area contributed by atoms with Gasteiger partial charge in [0.05, 0.1) is 11.6 Å². The molecule has 25 heavy (non-hydrogen) atoms. The van der Waals surface area contributed by atoms with Gasteiger partial charge in [0.15, 0.2) is 5.96 Å². The molecule has 1 aliphatic heterocycles. The molecule has 0 radical (unpaired) electrons. The predicted octanol–water partition coefficient (Wildman–Crippen LogP) is 1.93. The monoisotopic (exact) mass is 387 g/mol. The average molecular weight is 388 g/mol. The van der Waals surface area contributed by atoms with Gasteiger partial charge in [-0.05, 0) is 19.4 Å². The van der Waals surface area contributed by atoms with Crippen LogP contribution in [0.3, 0.4) is 0 Å². The van der Waals surface area contributed by atoms with Crippen molar-refractivity contribution in [2.45, 2.75) is 32.7 Å². The summed E-state index contributed by atoms with van der Waals surface area (Å²) in [4.78, 5) is 29.4. The Morgan fingerprint density at radius 1 is 1.24 bits per heavy atom. The molecule has 0 saturated carbocycles. The fraction of sp³-hybridized carbons (Fsp3) is 0.562. The molecule has 1 fully saturated rings. The number of hydrogen-bond acceptors (Lipinski definition) is 3. The molecular weight excluding hydrogens is 365 g/mol. The number of likely N-dealkylation sites (tertiary alicyclic amines) is 1. The van der Waals surface area contributed by atoms with Gasteiger partial charge < -0.3 is 15.2 Å². The summed E-state index contributed by atoms with van der Waals surface area (Å²) in [5, 5.41) is 7.24. The van der Waals surface area contributed by atoms with Crippen LogP contribution in [-0.2, 0) is 23.2 Å². The highest BCUT2D eigenvalue weighted by Gasteiger charge is 2.25. The predicted molar refractivity (Wildman–Crippen MR) is 98.8 cm³/mol. The summed E-state index contributed by atoms with van der Waals surface area (Å²) in [5.74, 6) is 0.397.